The third-order valence-corrected chi connectivity index (χ3v) is 3.22. The lowest BCUT2D eigenvalue weighted by Gasteiger charge is -2.03. The van der Waals surface area contributed by atoms with Crippen LogP contribution in [0, 0.1) is 5.82 Å². The van der Waals surface area contributed by atoms with Crippen LogP contribution in [-0.2, 0) is 6.54 Å². The average molecular weight is 242 g/mol. The molecule has 0 fully saturated rings. The summed E-state index contributed by atoms with van der Waals surface area (Å²) in [5.41, 5.74) is 0.904. The first-order chi connectivity index (χ1) is 7.24. The van der Waals surface area contributed by atoms with E-state index in [0.717, 1.165) is 15.6 Å². The number of benzene rings is 1. The summed E-state index contributed by atoms with van der Waals surface area (Å²) in [7, 11) is 0. The van der Waals surface area contributed by atoms with Crippen molar-refractivity contribution in [2.45, 2.75) is 6.54 Å². The van der Waals surface area contributed by atoms with Gasteiger partial charge in [0.05, 0.1) is 5.02 Å². The summed E-state index contributed by atoms with van der Waals surface area (Å²) in [6.07, 6.45) is 0. The molecule has 1 heterocycles. The summed E-state index contributed by atoms with van der Waals surface area (Å²) in [5.74, 6) is -0.222. The molecule has 1 nitrogen and oxygen atoms in total. The fourth-order valence-electron chi connectivity index (χ4n) is 1.20. The predicted molar refractivity (Wildman–Crippen MR) is 63.1 cm³/mol. The van der Waals surface area contributed by atoms with E-state index in [1.807, 2.05) is 11.4 Å². The monoisotopic (exact) mass is 241 g/mol. The van der Waals surface area contributed by atoms with Gasteiger partial charge in [-0.2, -0.15) is 0 Å². The second-order valence-corrected chi connectivity index (χ2v) is 4.52. The van der Waals surface area contributed by atoms with Crippen molar-refractivity contribution >= 4 is 28.6 Å². The summed E-state index contributed by atoms with van der Waals surface area (Å²) < 4.78 is 12.6. The van der Waals surface area contributed by atoms with Gasteiger partial charge in [-0.25, -0.2) is 4.39 Å². The van der Waals surface area contributed by atoms with Crippen LogP contribution in [0.25, 0.3) is 0 Å². The SMILES string of the molecule is Fc1ccc(NCc2cc(Cl)cs2)cc1. The number of rotatable bonds is 3. The van der Waals surface area contributed by atoms with Gasteiger partial charge in [0.1, 0.15) is 5.82 Å². The highest BCUT2D eigenvalue weighted by molar-refractivity contribution is 7.10. The van der Waals surface area contributed by atoms with Crippen LogP contribution in [0.15, 0.2) is 35.7 Å². The standard InChI is InChI=1S/C11H9ClFNS/c12-8-5-11(15-7-8)6-14-10-3-1-9(13)2-4-10/h1-5,7,14H,6H2. The Balaban J connectivity index is 1.96. The second kappa shape index (κ2) is 4.64. The fourth-order valence-corrected chi connectivity index (χ4v) is 2.22. The predicted octanol–water partition coefficient (Wildman–Crippen LogP) is 4.15. The first-order valence-corrected chi connectivity index (χ1v) is 5.72. The van der Waals surface area contributed by atoms with E-state index in [-0.39, 0.29) is 5.82 Å². The molecule has 0 aliphatic rings. The fraction of sp³-hybridized carbons (Fsp3) is 0.0909. The molecule has 0 saturated heterocycles. The smallest absolute Gasteiger partial charge is 0.123 e. The van der Waals surface area contributed by atoms with E-state index in [2.05, 4.69) is 5.32 Å². The molecule has 0 atom stereocenters. The molecule has 1 aromatic heterocycles. The van der Waals surface area contributed by atoms with Gasteiger partial charge in [-0.05, 0) is 30.3 Å². The molecule has 2 aromatic rings. The molecule has 2 rings (SSSR count). The molecular weight excluding hydrogens is 233 g/mol. The number of nitrogens with one attached hydrogen (secondary N) is 1. The Kier molecular flexibility index (Phi) is 3.23. The lowest BCUT2D eigenvalue weighted by atomic mass is 10.3. The van der Waals surface area contributed by atoms with Gasteiger partial charge in [-0.1, -0.05) is 11.6 Å². The van der Waals surface area contributed by atoms with Gasteiger partial charge in [-0.15, -0.1) is 11.3 Å². The molecule has 1 N–H and O–H groups in total. The van der Waals surface area contributed by atoms with Crippen LogP contribution in [0.1, 0.15) is 4.88 Å². The highest BCUT2D eigenvalue weighted by Gasteiger charge is 1.98. The first-order valence-electron chi connectivity index (χ1n) is 4.46. The van der Waals surface area contributed by atoms with Crippen LogP contribution >= 0.6 is 22.9 Å². The van der Waals surface area contributed by atoms with E-state index >= 15 is 0 Å². The second-order valence-electron chi connectivity index (χ2n) is 3.09. The maximum atomic E-state index is 12.6. The van der Waals surface area contributed by atoms with Crippen molar-refractivity contribution in [3.63, 3.8) is 0 Å². The average Bonchev–Trinajstić information content (AvgIpc) is 2.64. The van der Waals surface area contributed by atoms with Crippen molar-refractivity contribution < 1.29 is 4.39 Å². The maximum Gasteiger partial charge on any atom is 0.123 e. The molecule has 0 aliphatic carbocycles. The van der Waals surface area contributed by atoms with Gasteiger partial charge in [0.15, 0.2) is 0 Å². The topological polar surface area (TPSA) is 12.0 Å². The van der Waals surface area contributed by atoms with Crippen molar-refractivity contribution in [3.05, 3.63) is 51.4 Å². The highest BCUT2D eigenvalue weighted by atomic mass is 35.5. The lowest BCUT2D eigenvalue weighted by Crippen LogP contribution is -1.96. The zero-order valence-electron chi connectivity index (χ0n) is 7.84. The van der Waals surface area contributed by atoms with E-state index in [0.29, 0.717) is 6.54 Å². The Hall–Kier alpha value is -1.06. The Morgan fingerprint density at radius 1 is 1.27 bits per heavy atom. The van der Waals surface area contributed by atoms with Crippen molar-refractivity contribution in [2.24, 2.45) is 0 Å². The van der Waals surface area contributed by atoms with E-state index < -0.39 is 0 Å². The van der Waals surface area contributed by atoms with Crippen LogP contribution in [0.5, 0.6) is 0 Å². The molecule has 1 aromatic carbocycles. The van der Waals surface area contributed by atoms with Gasteiger partial charge in [0.2, 0.25) is 0 Å². The minimum atomic E-state index is -0.222. The number of thiophene rings is 1. The zero-order chi connectivity index (χ0) is 10.7. The molecule has 0 radical (unpaired) electrons. The summed E-state index contributed by atoms with van der Waals surface area (Å²) in [6, 6.07) is 8.21. The van der Waals surface area contributed by atoms with Crippen LogP contribution in [0.4, 0.5) is 10.1 Å². The zero-order valence-corrected chi connectivity index (χ0v) is 9.41. The maximum absolute atomic E-state index is 12.6. The molecule has 78 valence electrons. The van der Waals surface area contributed by atoms with Gasteiger partial charge < -0.3 is 5.32 Å². The van der Waals surface area contributed by atoms with E-state index in [1.165, 1.54) is 12.1 Å². The van der Waals surface area contributed by atoms with E-state index in [1.54, 1.807) is 23.5 Å². The Bertz CT molecular complexity index is 438. The Morgan fingerprint density at radius 2 is 2.00 bits per heavy atom. The molecule has 0 saturated carbocycles. The number of halogens is 2. The summed E-state index contributed by atoms with van der Waals surface area (Å²) in [6.45, 7) is 0.711. The number of hydrogen-bond donors (Lipinski definition) is 1. The first kappa shape index (κ1) is 10.5. The number of anilines is 1. The quantitative estimate of drug-likeness (QED) is 0.851. The lowest BCUT2D eigenvalue weighted by molar-refractivity contribution is 0.628. The van der Waals surface area contributed by atoms with Crippen LogP contribution in [-0.4, -0.2) is 0 Å². The van der Waals surface area contributed by atoms with E-state index in [9.17, 15) is 4.39 Å². The third kappa shape index (κ3) is 2.94. The van der Waals surface area contributed by atoms with Crippen molar-refractivity contribution in [1.29, 1.82) is 0 Å². The largest absolute Gasteiger partial charge is 0.380 e. The Labute approximate surface area is 96.5 Å². The van der Waals surface area contributed by atoms with Gasteiger partial charge in [0, 0.05) is 22.5 Å². The minimum absolute atomic E-state index is 0.222. The minimum Gasteiger partial charge on any atom is -0.380 e. The molecule has 0 aliphatic heterocycles. The summed E-state index contributed by atoms with van der Waals surface area (Å²) in [4.78, 5) is 1.16. The molecule has 15 heavy (non-hydrogen) atoms. The van der Waals surface area contributed by atoms with Crippen molar-refractivity contribution in [3.8, 4) is 0 Å². The Morgan fingerprint density at radius 3 is 2.60 bits per heavy atom. The van der Waals surface area contributed by atoms with E-state index in [4.69, 9.17) is 11.6 Å². The molecule has 4 heteroatoms. The van der Waals surface area contributed by atoms with Crippen LogP contribution in [0.3, 0.4) is 0 Å². The van der Waals surface area contributed by atoms with Gasteiger partial charge >= 0.3 is 0 Å². The van der Waals surface area contributed by atoms with Crippen LogP contribution < -0.4 is 5.32 Å². The summed E-state index contributed by atoms with van der Waals surface area (Å²) in [5, 5.41) is 5.84. The molecule has 0 bridgehead atoms. The van der Waals surface area contributed by atoms with Gasteiger partial charge in [0.25, 0.3) is 0 Å². The van der Waals surface area contributed by atoms with Crippen molar-refractivity contribution in [1.82, 2.24) is 0 Å². The third-order valence-electron chi connectivity index (χ3n) is 1.93. The molecule has 0 amide bonds. The van der Waals surface area contributed by atoms with Gasteiger partial charge in [-0.3, -0.25) is 0 Å². The molecule has 0 unspecified atom stereocenters. The summed E-state index contributed by atoms with van der Waals surface area (Å²) >= 11 is 7.40. The highest BCUT2D eigenvalue weighted by Crippen LogP contribution is 2.20. The molecular formula is C11H9ClFNS. The van der Waals surface area contributed by atoms with Crippen molar-refractivity contribution in [2.75, 3.05) is 5.32 Å². The number of hydrogen-bond acceptors (Lipinski definition) is 2. The molecule has 0 spiro atoms. The van der Waals surface area contributed by atoms with Crippen LogP contribution in [0.2, 0.25) is 5.02 Å². The normalized spacial score (nSPS) is 10.3.